The van der Waals surface area contributed by atoms with E-state index in [4.69, 9.17) is 4.42 Å². The van der Waals surface area contributed by atoms with Crippen LogP contribution < -0.4 is 0 Å². The van der Waals surface area contributed by atoms with E-state index in [9.17, 15) is 26.3 Å². The monoisotopic (exact) mass is 498 g/mol. The average molecular weight is 498 g/mol. The SMILES string of the molecule is Cc1ccc(-c2nnc(CC(CN3CCCC(c4cccc(C(F)(F)F)c4)C3)C(F)(F)F)o2)cn1. The van der Waals surface area contributed by atoms with Gasteiger partial charge in [0.25, 0.3) is 0 Å². The van der Waals surface area contributed by atoms with Crippen LogP contribution in [0.15, 0.2) is 47.0 Å². The van der Waals surface area contributed by atoms with Gasteiger partial charge in [0, 0.05) is 31.4 Å². The van der Waals surface area contributed by atoms with Gasteiger partial charge < -0.3 is 9.32 Å². The van der Waals surface area contributed by atoms with E-state index in [1.54, 1.807) is 30.0 Å². The van der Waals surface area contributed by atoms with E-state index in [0.717, 1.165) is 17.8 Å². The molecule has 11 heteroatoms. The number of nitrogens with zero attached hydrogens (tertiary/aromatic N) is 4. The first kappa shape index (κ1) is 25.2. The van der Waals surface area contributed by atoms with Crippen molar-refractivity contribution in [3.8, 4) is 11.5 Å². The molecule has 188 valence electrons. The average Bonchev–Trinajstić information content (AvgIpc) is 3.27. The molecule has 1 fully saturated rings. The minimum atomic E-state index is -4.51. The van der Waals surface area contributed by atoms with Gasteiger partial charge in [-0.25, -0.2) is 0 Å². The fourth-order valence-electron chi connectivity index (χ4n) is 4.32. The maximum Gasteiger partial charge on any atom is 0.416 e. The Morgan fingerprint density at radius 3 is 2.57 bits per heavy atom. The van der Waals surface area contributed by atoms with Crippen molar-refractivity contribution < 1.29 is 30.8 Å². The van der Waals surface area contributed by atoms with Gasteiger partial charge in [-0.2, -0.15) is 26.3 Å². The Labute approximate surface area is 198 Å². The molecule has 2 atom stereocenters. The van der Waals surface area contributed by atoms with Crippen molar-refractivity contribution in [1.29, 1.82) is 0 Å². The highest BCUT2D eigenvalue weighted by molar-refractivity contribution is 5.50. The summed E-state index contributed by atoms with van der Waals surface area (Å²) in [4.78, 5) is 5.78. The van der Waals surface area contributed by atoms with Gasteiger partial charge in [0.1, 0.15) is 0 Å². The van der Waals surface area contributed by atoms with Crippen LogP contribution in [0.5, 0.6) is 0 Å². The van der Waals surface area contributed by atoms with Gasteiger partial charge in [-0.1, -0.05) is 18.2 Å². The summed E-state index contributed by atoms with van der Waals surface area (Å²) in [6.07, 6.45) is -6.74. The standard InChI is InChI=1S/C24H24F6N4O/c1-15-7-8-17(12-31-15)22-33-32-21(35-22)11-20(24(28,29)30)14-34-9-3-5-18(13-34)16-4-2-6-19(10-16)23(25,26)27/h2,4,6-8,10,12,18,20H,3,5,9,11,13-14H2,1H3. The summed E-state index contributed by atoms with van der Waals surface area (Å²) in [6, 6.07) is 8.46. The molecular formula is C24H24F6N4O. The Morgan fingerprint density at radius 2 is 1.89 bits per heavy atom. The molecule has 1 aromatic carbocycles. The van der Waals surface area contributed by atoms with Crippen LogP contribution in [0.1, 0.15) is 41.5 Å². The quantitative estimate of drug-likeness (QED) is 0.387. The van der Waals surface area contributed by atoms with Gasteiger partial charge in [-0.05, 0) is 56.0 Å². The first-order valence-corrected chi connectivity index (χ1v) is 11.2. The second-order valence-electron chi connectivity index (χ2n) is 8.85. The van der Waals surface area contributed by atoms with Crippen LogP contribution >= 0.6 is 0 Å². The first-order valence-electron chi connectivity index (χ1n) is 11.2. The summed E-state index contributed by atoms with van der Waals surface area (Å²) >= 11 is 0. The number of benzene rings is 1. The van der Waals surface area contributed by atoms with Crippen LogP contribution in [0.2, 0.25) is 0 Å². The lowest BCUT2D eigenvalue weighted by Gasteiger charge is -2.35. The van der Waals surface area contributed by atoms with Gasteiger partial charge in [0.15, 0.2) is 0 Å². The van der Waals surface area contributed by atoms with Crippen LogP contribution in [-0.4, -0.2) is 45.9 Å². The van der Waals surface area contributed by atoms with Crippen LogP contribution in [-0.2, 0) is 12.6 Å². The van der Waals surface area contributed by atoms with Crippen molar-refractivity contribution >= 4 is 0 Å². The minimum absolute atomic E-state index is 0.0935. The van der Waals surface area contributed by atoms with E-state index in [2.05, 4.69) is 15.2 Å². The van der Waals surface area contributed by atoms with Crippen molar-refractivity contribution in [3.63, 3.8) is 0 Å². The van der Waals surface area contributed by atoms with Gasteiger partial charge in [0.05, 0.1) is 17.0 Å². The topological polar surface area (TPSA) is 55.1 Å². The lowest BCUT2D eigenvalue weighted by atomic mass is 9.89. The van der Waals surface area contributed by atoms with Crippen molar-refractivity contribution in [3.05, 3.63) is 65.3 Å². The Balaban J connectivity index is 1.45. The van der Waals surface area contributed by atoms with Crippen molar-refractivity contribution in [2.75, 3.05) is 19.6 Å². The van der Waals surface area contributed by atoms with Crippen LogP contribution in [0.3, 0.4) is 0 Å². The third kappa shape index (κ3) is 6.39. The number of aryl methyl sites for hydroxylation is 1. The molecule has 2 aromatic heterocycles. The summed E-state index contributed by atoms with van der Waals surface area (Å²) in [5, 5.41) is 7.64. The normalized spacial score (nSPS) is 18.5. The summed E-state index contributed by atoms with van der Waals surface area (Å²) in [5.74, 6) is -2.07. The summed E-state index contributed by atoms with van der Waals surface area (Å²) in [6.45, 7) is 2.18. The molecule has 0 amide bonds. The molecule has 1 aliphatic heterocycles. The summed E-state index contributed by atoms with van der Waals surface area (Å²) in [5.41, 5.74) is 1.02. The van der Waals surface area contributed by atoms with E-state index in [0.29, 0.717) is 30.5 Å². The lowest BCUT2D eigenvalue weighted by Crippen LogP contribution is -2.42. The van der Waals surface area contributed by atoms with Crippen LogP contribution in [0, 0.1) is 12.8 Å². The zero-order valence-corrected chi connectivity index (χ0v) is 18.9. The zero-order chi connectivity index (χ0) is 25.2. The molecule has 0 bridgehead atoms. The highest BCUT2D eigenvalue weighted by Gasteiger charge is 2.42. The molecule has 0 spiro atoms. The number of aromatic nitrogens is 3. The highest BCUT2D eigenvalue weighted by Crippen LogP contribution is 2.35. The molecule has 0 N–H and O–H groups in total. The van der Waals surface area contributed by atoms with Crippen molar-refractivity contribution in [2.24, 2.45) is 5.92 Å². The maximum absolute atomic E-state index is 13.9. The smallest absolute Gasteiger partial charge is 0.416 e. The second kappa shape index (κ2) is 9.96. The van der Waals surface area contributed by atoms with E-state index >= 15 is 0 Å². The Kier molecular flexibility index (Phi) is 7.16. The number of likely N-dealkylation sites (tertiary alicyclic amines) is 1. The lowest BCUT2D eigenvalue weighted by molar-refractivity contribution is -0.180. The maximum atomic E-state index is 13.9. The molecule has 0 radical (unpaired) electrons. The Bertz CT molecular complexity index is 1130. The van der Waals surface area contributed by atoms with Crippen LogP contribution in [0.25, 0.3) is 11.5 Å². The molecule has 2 unspecified atom stereocenters. The fraction of sp³-hybridized carbons (Fsp3) is 0.458. The Morgan fingerprint density at radius 1 is 1.09 bits per heavy atom. The van der Waals surface area contributed by atoms with E-state index in [-0.39, 0.29) is 30.8 Å². The first-order chi connectivity index (χ1) is 16.5. The molecular weight excluding hydrogens is 474 g/mol. The molecule has 1 aliphatic rings. The number of pyridine rings is 1. The number of hydrogen-bond acceptors (Lipinski definition) is 5. The number of halogens is 6. The largest absolute Gasteiger partial charge is 0.421 e. The highest BCUT2D eigenvalue weighted by atomic mass is 19.4. The molecule has 5 nitrogen and oxygen atoms in total. The van der Waals surface area contributed by atoms with Gasteiger partial charge in [-0.3, -0.25) is 4.98 Å². The van der Waals surface area contributed by atoms with E-state index < -0.39 is 30.3 Å². The Hall–Kier alpha value is -2.95. The molecule has 4 rings (SSSR count). The summed E-state index contributed by atoms with van der Waals surface area (Å²) in [7, 11) is 0. The second-order valence-corrected chi connectivity index (χ2v) is 8.85. The van der Waals surface area contributed by atoms with E-state index in [1.807, 2.05) is 0 Å². The molecule has 3 aromatic rings. The fourth-order valence-corrected chi connectivity index (χ4v) is 4.32. The third-order valence-corrected chi connectivity index (χ3v) is 6.18. The third-order valence-electron chi connectivity index (χ3n) is 6.18. The van der Waals surface area contributed by atoms with Crippen LogP contribution in [0.4, 0.5) is 26.3 Å². The molecule has 0 aliphatic carbocycles. The predicted molar refractivity (Wildman–Crippen MR) is 115 cm³/mol. The van der Waals surface area contributed by atoms with Gasteiger partial charge in [0.2, 0.25) is 11.8 Å². The van der Waals surface area contributed by atoms with Crippen molar-refractivity contribution in [2.45, 2.75) is 44.5 Å². The number of hydrogen-bond donors (Lipinski definition) is 0. The molecule has 35 heavy (non-hydrogen) atoms. The number of piperidine rings is 1. The predicted octanol–water partition coefficient (Wildman–Crippen LogP) is 6.06. The van der Waals surface area contributed by atoms with E-state index in [1.165, 1.54) is 12.3 Å². The van der Waals surface area contributed by atoms with Crippen molar-refractivity contribution in [1.82, 2.24) is 20.1 Å². The zero-order valence-electron chi connectivity index (χ0n) is 18.9. The molecule has 3 heterocycles. The number of alkyl halides is 6. The van der Waals surface area contributed by atoms with Gasteiger partial charge in [-0.15, -0.1) is 10.2 Å². The molecule has 1 saturated heterocycles. The minimum Gasteiger partial charge on any atom is -0.421 e. The summed E-state index contributed by atoms with van der Waals surface area (Å²) < 4.78 is 86.4. The molecule has 0 saturated carbocycles. The number of rotatable bonds is 6. The van der Waals surface area contributed by atoms with Gasteiger partial charge >= 0.3 is 12.4 Å².